The monoisotopic (exact) mass is 463 g/mol. The molecule has 34 heavy (non-hydrogen) atoms. The van der Waals surface area contributed by atoms with Gasteiger partial charge in [0.05, 0.1) is 0 Å². The van der Waals surface area contributed by atoms with E-state index < -0.39 is 23.0 Å². The first-order chi connectivity index (χ1) is 16.1. The Morgan fingerprint density at radius 2 is 1.68 bits per heavy atom. The number of piperazine rings is 1. The van der Waals surface area contributed by atoms with Crippen LogP contribution < -0.4 is 21.3 Å². The molecule has 0 saturated carbocycles. The standard InChI is InChI=1S/C26H33N5O3/c1-18-6-4-5-7-21(18)30-14-16-31(17-15-30)22(32)12-13-26(23(33)28-24(34)29-26)20-10-8-19(9-11-20)25(2,3)27/h4-11H,12-17,27H2,1-3H3,(H2,28,29,33,34). The SMILES string of the molecule is Cc1ccccc1N1CCN(C(=O)CCC2(c3ccc(C(C)(C)N)cc3)NC(=O)NC2=O)CC1. The number of anilines is 1. The lowest BCUT2D eigenvalue weighted by atomic mass is 9.83. The van der Waals surface area contributed by atoms with Crippen LogP contribution in [0.1, 0.15) is 43.4 Å². The molecular formula is C26H33N5O3. The maximum atomic E-state index is 13.1. The lowest BCUT2D eigenvalue weighted by molar-refractivity contribution is -0.132. The van der Waals surface area contributed by atoms with Crippen molar-refractivity contribution in [3.8, 4) is 0 Å². The van der Waals surface area contributed by atoms with E-state index >= 15 is 0 Å². The van der Waals surface area contributed by atoms with Crippen molar-refractivity contribution in [2.24, 2.45) is 5.73 Å². The van der Waals surface area contributed by atoms with Crippen molar-refractivity contribution in [3.63, 3.8) is 0 Å². The molecule has 2 fully saturated rings. The summed E-state index contributed by atoms with van der Waals surface area (Å²) in [6.07, 6.45) is 0.342. The first kappa shape index (κ1) is 23.8. The van der Waals surface area contributed by atoms with Gasteiger partial charge in [0.25, 0.3) is 5.91 Å². The lowest BCUT2D eigenvalue weighted by Gasteiger charge is -2.37. The molecule has 8 heteroatoms. The highest BCUT2D eigenvalue weighted by Crippen LogP contribution is 2.32. The van der Waals surface area contributed by atoms with Gasteiger partial charge in [-0.3, -0.25) is 14.9 Å². The van der Waals surface area contributed by atoms with Crippen molar-refractivity contribution in [2.45, 2.75) is 44.7 Å². The summed E-state index contributed by atoms with van der Waals surface area (Å²) in [5.41, 5.74) is 8.35. The van der Waals surface area contributed by atoms with Crippen molar-refractivity contribution >= 4 is 23.5 Å². The number of amides is 4. The van der Waals surface area contributed by atoms with Gasteiger partial charge in [-0.15, -0.1) is 0 Å². The molecule has 2 aliphatic rings. The molecule has 1 unspecified atom stereocenters. The Bertz CT molecular complexity index is 1080. The number of hydrogen-bond donors (Lipinski definition) is 3. The normalized spacial score (nSPS) is 20.8. The van der Waals surface area contributed by atoms with E-state index in [0.717, 1.165) is 18.7 Å². The molecule has 2 aromatic rings. The largest absolute Gasteiger partial charge is 0.368 e. The predicted molar refractivity (Wildman–Crippen MR) is 131 cm³/mol. The van der Waals surface area contributed by atoms with Crippen molar-refractivity contribution < 1.29 is 14.4 Å². The molecule has 4 rings (SSSR count). The minimum atomic E-state index is -1.27. The second-order valence-electron chi connectivity index (χ2n) is 9.77. The molecule has 8 nitrogen and oxygen atoms in total. The highest BCUT2D eigenvalue weighted by atomic mass is 16.2. The number of carbonyl (C=O) groups excluding carboxylic acids is 3. The number of hydrogen-bond acceptors (Lipinski definition) is 5. The average molecular weight is 464 g/mol. The molecule has 0 aromatic heterocycles. The number of aryl methyl sites for hydroxylation is 1. The third kappa shape index (κ3) is 4.63. The second kappa shape index (κ2) is 9.10. The van der Waals surface area contributed by atoms with Gasteiger partial charge in [-0.05, 0) is 49.9 Å². The third-order valence-electron chi connectivity index (χ3n) is 6.87. The first-order valence-corrected chi connectivity index (χ1v) is 11.7. The van der Waals surface area contributed by atoms with E-state index in [2.05, 4.69) is 34.6 Å². The average Bonchev–Trinajstić information content (AvgIpc) is 3.11. The maximum absolute atomic E-state index is 13.1. The number of para-hydroxylation sites is 1. The Morgan fingerprint density at radius 3 is 2.24 bits per heavy atom. The lowest BCUT2D eigenvalue weighted by Crippen LogP contribution is -2.50. The van der Waals surface area contributed by atoms with Crippen LogP contribution >= 0.6 is 0 Å². The first-order valence-electron chi connectivity index (χ1n) is 11.7. The number of imide groups is 1. The van der Waals surface area contributed by atoms with Crippen molar-refractivity contribution in [1.82, 2.24) is 15.5 Å². The van der Waals surface area contributed by atoms with Crippen molar-refractivity contribution in [3.05, 3.63) is 65.2 Å². The fraction of sp³-hybridized carbons (Fsp3) is 0.423. The molecule has 4 N–H and O–H groups in total. The molecule has 180 valence electrons. The number of nitrogens with zero attached hydrogens (tertiary/aromatic N) is 2. The molecular weight excluding hydrogens is 430 g/mol. The zero-order valence-electron chi connectivity index (χ0n) is 20.1. The van der Waals surface area contributed by atoms with Crippen LogP contribution in [0.5, 0.6) is 0 Å². The van der Waals surface area contributed by atoms with Gasteiger partial charge in [0.15, 0.2) is 0 Å². The number of rotatable bonds is 6. The Hall–Kier alpha value is -3.39. The summed E-state index contributed by atoms with van der Waals surface area (Å²) in [6, 6.07) is 15.0. The number of nitrogens with one attached hydrogen (secondary N) is 2. The molecule has 0 spiro atoms. The van der Waals surface area contributed by atoms with Gasteiger partial charge in [0, 0.05) is 43.8 Å². The zero-order chi connectivity index (χ0) is 24.5. The summed E-state index contributed by atoms with van der Waals surface area (Å²) >= 11 is 0. The van der Waals surface area contributed by atoms with Gasteiger partial charge in [-0.25, -0.2) is 4.79 Å². The molecule has 4 amide bonds. The van der Waals surface area contributed by atoms with Gasteiger partial charge in [-0.2, -0.15) is 0 Å². The number of nitrogens with two attached hydrogens (primary N) is 1. The van der Waals surface area contributed by atoms with E-state index in [9.17, 15) is 14.4 Å². The molecule has 0 aliphatic carbocycles. The van der Waals surface area contributed by atoms with E-state index in [1.54, 1.807) is 12.1 Å². The Kier molecular flexibility index (Phi) is 6.36. The van der Waals surface area contributed by atoms with Crippen LogP contribution in [0.25, 0.3) is 0 Å². The molecule has 2 heterocycles. The summed E-state index contributed by atoms with van der Waals surface area (Å²) in [7, 11) is 0. The van der Waals surface area contributed by atoms with Crippen molar-refractivity contribution in [2.75, 3.05) is 31.1 Å². The van der Waals surface area contributed by atoms with Crippen LogP contribution in [0.15, 0.2) is 48.5 Å². The van der Waals surface area contributed by atoms with Gasteiger partial charge < -0.3 is 20.9 Å². The topological polar surface area (TPSA) is 108 Å². The molecule has 0 radical (unpaired) electrons. The van der Waals surface area contributed by atoms with Crippen LogP contribution in [-0.2, 0) is 20.7 Å². The highest BCUT2D eigenvalue weighted by molar-refractivity contribution is 6.07. The zero-order valence-corrected chi connectivity index (χ0v) is 20.1. The fourth-order valence-corrected chi connectivity index (χ4v) is 4.77. The summed E-state index contributed by atoms with van der Waals surface area (Å²) in [6.45, 7) is 8.66. The summed E-state index contributed by atoms with van der Waals surface area (Å²) in [5.74, 6) is -0.452. The molecule has 2 saturated heterocycles. The molecule has 1 atom stereocenters. The Morgan fingerprint density at radius 1 is 1.03 bits per heavy atom. The Labute approximate surface area is 200 Å². The Balaban J connectivity index is 1.43. The van der Waals surface area contributed by atoms with Crippen LogP contribution in [-0.4, -0.2) is 48.9 Å². The minimum absolute atomic E-state index is 0.0162. The number of urea groups is 1. The predicted octanol–water partition coefficient (Wildman–Crippen LogP) is 2.35. The van der Waals surface area contributed by atoms with Gasteiger partial charge >= 0.3 is 6.03 Å². The van der Waals surface area contributed by atoms with Gasteiger partial charge in [0.2, 0.25) is 5.91 Å². The third-order valence-corrected chi connectivity index (χ3v) is 6.87. The van der Waals surface area contributed by atoms with E-state index in [0.29, 0.717) is 18.7 Å². The number of benzene rings is 2. The molecule has 0 bridgehead atoms. The van der Waals surface area contributed by atoms with Gasteiger partial charge in [-0.1, -0.05) is 42.5 Å². The summed E-state index contributed by atoms with van der Waals surface area (Å²) in [5, 5.41) is 5.11. The summed E-state index contributed by atoms with van der Waals surface area (Å²) < 4.78 is 0. The smallest absolute Gasteiger partial charge is 0.322 e. The molecule has 2 aliphatic heterocycles. The van der Waals surface area contributed by atoms with Crippen molar-refractivity contribution in [1.29, 1.82) is 0 Å². The van der Waals surface area contributed by atoms with E-state index in [1.165, 1.54) is 11.3 Å². The summed E-state index contributed by atoms with van der Waals surface area (Å²) in [4.78, 5) is 42.1. The van der Waals surface area contributed by atoms with E-state index in [4.69, 9.17) is 5.73 Å². The van der Waals surface area contributed by atoms with Crippen LogP contribution in [0.3, 0.4) is 0 Å². The van der Waals surface area contributed by atoms with Crippen LogP contribution in [0, 0.1) is 6.92 Å². The minimum Gasteiger partial charge on any atom is -0.368 e. The van der Waals surface area contributed by atoms with E-state index in [-0.39, 0.29) is 18.7 Å². The van der Waals surface area contributed by atoms with Gasteiger partial charge in [0.1, 0.15) is 5.54 Å². The van der Waals surface area contributed by atoms with Crippen LogP contribution in [0.2, 0.25) is 0 Å². The fourth-order valence-electron chi connectivity index (χ4n) is 4.77. The number of carbonyl (C=O) groups is 3. The maximum Gasteiger partial charge on any atom is 0.322 e. The quantitative estimate of drug-likeness (QED) is 0.570. The second-order valence-corrected chi connectivity index (χ2v) is 9.77. The van der Waals surface area contributed by atoms with E-state index in [1.807, 2.05) is 43.0 Å². The van der Waals surface area contributed by atoms with Crippen LogP contribution in [0.4, 0.5) is 10.5 Å². The highest BCUT2D eigenvalue weighted by Gasteiger charge is 2.47. The molecule has 2 aromatic carbocycles.